The molecule has 4 heteroatoms. The molecule has 0 unspecified atom stereocenters. The number of carbonyl (C=O) groups is 1. The number of hydrogen-bond acceptors (Lipinski definition) is 1. The van der Waals surface area contributed by atoms with E-state index in [2.05, 4.69) is 68.8 Å². The average Bonchev–Trinajstić information content (AvgIpc) is 2.98. The van der Waals surface area contributed by atoms with E-state index >= 15 is 0 Å². The van der Waals surface area contributed by atoms with Gasteiger partial charge in [0.1, 0.15) is 5.38 Å². The number of aromatic nitrogens is 1. The second kappa shape index (κ2) is 8.57. The number of aryl methyl sites for hydroxylation is 1. The summed E-state index contributed by atoms with van der Waals surface area (Å²) in [6.45, 7) is 11.6. The highest BCUT2D eigenvalue weighted by atomic mass is 35.5. The van der Waals surface area contributed by atoms with Gasteiger partial charge in [-0.25, -0.2) is 0 Å². The third-order valence-corrected chi connectivity index (χ3v) is 4.96. The predicted octanol–water partition coefficient (Wildman–Crippen LogP) is 4.85. The largest absolute Gasteiger partial charge is 0.345 e. The van der Waals surface area contributed by atoms with Crippen LogP contribution in [0, 0.1) is 12.8 Å². The molecule has 25 heavy (non-hydrogen) atoms. The van der Waals surface area contributed by atoms with E-state index in [1.807, 2.05) is 11.0 Å². The molecule has 0 fully saturated rings. The van der Waals surface area contributed by atoms with Gasteiger partial charge in [0.2, 0.25) is 5.91 Å². The molecule has 2 rings (SSSR count). The highest BCUT2D eigenvalue weighted by molar-refractivity contribution is 6.30. The van der Waals surface area contributed by atoms with Gasteiger partial charge in [0.15, 0.2) is 0 Å². The van der Waals surface area contributed by atoms with Crippen molar-refractivity contribution in [2.75, 3.05) is 0 Å². The number of rotatable bonds is 7. The Bertz CT molecular complexity index is 705. The van der Waals surface area contributed by atoms with Crippen LogP contribution in [-0.2, 0) is 17.9 Å². The Morgan fingerprint density at radius 2 is 1.88 bits per heavy atom. The molecule has 1 aromatic heterocycles. The third-order valence-electron chi connectivity index (χ3n) is 4.77. The number of benzene rings is 1. The first kappa shape index (κ1) is 19.6. The second-order valence-electron chi connectivity index (χ2n) is 7.18. The molecule has 136 valence electrons. The molecule has 2 atom stereocenters. The van der Waals surface area contributed by atoms with Gasteiger partial charge in [-0.2, -0.15) is 0 Å². The van der Waals surface area contributed by atoms with E-state index in [-0.39, 0.29) is 11.9 Å². The molecule has 3 nitrogen and oxygen atoms in total. The van der Waals surface area contributed by atoms with E-state index in [0.717, 1.165) is 12.2 Å². The van der Waals surface area contributed by atoms with Crippen LogP contribution in [0.15, 0.2) is 42.6 Å². The van der Waals surface area contributed by atoms with Gasteiger partial charge in [0, 0.05) is 24.5 Å². The molecule has 1 aromatic carbocycles. The topological polar surface area (TPSA) is 25.2 Å². The first-order valence-electron chi connectivity index (χ1n) is 8.93. The molecule has 0 bridgehead atoms. The van der Waals surface area contributed by atoms with Crippen molar-refractivity contribution in [2.45, 2.75) is 59.1 Å². The van der Waals surface area contributed by atoms with Crippen LogP contribution in [0.3, 0.4) is 0 Å². The maximum Gasteiger partial charge on any atom is 0.240 e. The Labute approximate surface area is 156 Å². The van der Waals surface area contributed by atoms with Crippen molar-refractivity contribution in [2.24, 2.45) is 5.92 Å². The van der Waals surface area contributed by atoms with Crippen LogP contribution in [0.2, 0.25) is 0 Å². The van der Waals surface area contributed by atoms with E-state index in [9.17, 15) is 4.79 Å². The van der Waals surface area contributed by atoms with Crippen molar-refractivity contribution < 1.29 is 4.79 Å². The van der Waals surface area contributed by atoms with Crippen molar-refractivity contribution >= 4 is 17.5 Å². The van der Waals surface area contributed by atoms with E-state index in [1.54, 1.807) is 6.92 Å². The lowest BCUT2D eigenvalue weighted by atomic mass is 10.0. The highest BCUT2D eigenvalue weighted by Gasteiger charge is 2.26. The van der Waals surface area contributed by atoms with Gasteiger partial charge < -0.3 is 9.47 Å². The van der Waals surface area contributed by atoms with Crippen LogP contribution < -0.4 is 0 Å². The molecule has 0 spiro atoms. The second-order valence-corrected chi connectivity index (χ2v) is 7.84. The minimum atomic E-state index is -0.513. The first-order valence-corrected chi connectivity index (χ1v) is 9.37. The molecule has 2 aromatic rings. The minimum Gasteiger partial charge on any atom is -0.345 e. The highest BCUT2D eigenvalue weighted by Crippen LogP contribution is 2.19. The smallest absolute Gasteiger partial charge is 0.240 e. The summed E-state index contributed by atoms with van der Waals surface area (Å²) in [6, 6.07) is 12.8. The summed E-state index contributed by atoms with van der Waals surface area (Å²) in [7, 11) is 0. The Balaban J connectivity index is 2.23. The van der Waals surface area contributed by atoms with Crippen molar-refractivity contribution in [1.29, 1.82) is 0 Å². The first-order chi connectivity index (χ1) is 11.8. The molecule has 0 saturated heterocycles. The van der Waals surface area contributed by atoms with Gasteiger partial charge in [-0.15, -0.1) is 11.6 Å². The molecule has 0 N–H and O–H groups in total. The number of halogens is 1. The van der Waals surface area contributed by atoms with E-state index in [4.69, 9.17) is 11.6 Å². The molecule has 0 aliphatic carbocycles. The van der Waals surface area contributed by atoms with E-state index in [0.29, 0.717) is 12.5 Å². The minimum absolute atomic E-state index is 0.00817. The molecule has 0 aliphatic rings. The summed E-state index contributed by atoms with van der Waals surface area (Å²) in [5, 5.41) is -0.513. The predicted molar refractivity (Wildman–Crippen MR) is 105 cm³/mol. The zero-order chi connectivity index (χ0) is 18.6. The molecule has 0 aliphatic heterocycles. The van der Waals surface area contributed by atoms with Gasteiger partial charge in [0.05, 0.1) is 6.54 Å². The maximum atomic E-state index is 12.6. The lowest BCUT2D eigenvalue weighted by Gasteiger charge is -2.33. The Morgan fingerprint density at radius 1 is 1.16 bits per heavy atom. The standard InChI is InChI=1S/C21H29ClN2O/c1-15(2)18(5)24(21(25)17(4)22)14-20-10-7-11-23(20)13-19-9-6-8-16(3)12-19/h6-12,15,17-18H,13-14H2,1-5H3/t17-,18+/m1/s1. The normalized spacial score (nSPS) is 13.7. The van der Waals surface area contributed by atoms with E-state index < -0.39 is 5.38 Å². The fourth-order valence-corrected chi connectivity index (χ4v) is 3.07. The van der Waals surface area contributed by atoms with Crippen LogP contribution >= 0.6 is 11.6 Å². The number of amides is 1. The van der Waals surface area contributed by atoms with Gasteiger partial charge in [-0.1, -0.05) is 43.7 Å². The third kappa shape index (κ3) is 5.12. The molecule has 0 radical (unpaired) electrons. The Hall–Kier alpha value is -1.74. The zero-order valence-corrected chi connectivity index (χ0v) is 16.6. The molecule has 1 heterocycles. The van der Waals surface area contributed by atoms with Crippen molar-refractivity contribution in [1.82, 2.24) is 9.47 Å². The van der Waals surface area contributed by atoms with Gasteiger partial charge in [-0.05, 0) is 44.4 Å². The van der Waals surface area contributed by atoms with Gasteiger partial charge >= 0.3 is 0 Å². The van der Waals surface area contributed by atoms with Gasteiger partial charge in [0.25, 0.3) is 0 Å². The van der Waals surface area contributed by atoms with Crippen LogP contribution in [0.25, 0.3) is 0 Å². The number of nitrogens with zero attached hydrogens (tertiary/aromatic N) is 2. The van der Waals surface area contributed by atoms with Gasteiger partial charge in [-0.3, -0.25) is 4.79 Å². The van der Waals surface area contributed by atoms with E-state index in [1.165, 1.54) is 11.1 Å². The summed E-state index contributed by atoms with van der Waals surface area (Å²) >= 11 is 6.10. The molecular formula is C21H29ClN2O. The lowest BCUT2D eigenvalue weighted by molar-refractivity contribution is -0.134. The number of carbonyl (C=O) groups excluding carboxylic acids is 1. The fraction of sp³-hybridized carbons (Fsp3) is 0.476. The SMILES string of the molecule is Cc1cccc(Cn2cccc2CN(C(=O)[C@@H](C)Cl)[C@@H](C)C(C)C)c1. The monoisotopic (exact) mass is 360 g/mol. The lowest BCUT2D eigenvalue weighted by Crippen LogP contribution is -2.44. The molecular weight excluding hydrogens is 332 g/mol. The van der Waals surface area contributed by atoms with Crippen molar-refractivity contribution in [3.05, 3.63) is 59.4 Å². The number of hydrogen-bond donors (Lipinski definition) is 0. The fourth-order valence-electron chi connectivity index (χ4n) is 2.94. The van der Waals surface area contributed by atoms with Crippen molar-refractivity contribution in [3.63, 3.8) is 0 Å². The quantitative estimate of drug-likeness (QED) is 0.648. The maximum absolute atomic E-state index is 12.6. The summed E-state index contributed by atoms with van der Waals surface area (Å²) < 4.78 is 2.21. The summed E-state index contributed by atoms with van der Waals surface area (Å²) in [5.41, 5.74) is 3.64. The van der Waals surface area contributed by atoms with Crippen LogP contribution in [0.5, 0.6) is 0 Å². The molecule has 1 amide bonds. The van der Waals surface area contributed by atoms with Crippen LogP contribution in [0.4, 0.5) is 0 Å². The Kier molecular flexibility index (Phi) is 6.71. The Morgan fingerprint density at radius 3 is 2.48 bits per heavy atom. The summed E-state index contributed by atoms with van der Waals surface area (Å²) in [5.74, 6) is 0.366. The van der Waals surface area contributed by atoms with Crippen LogP contribution in [0.1, 0.15) is 44.5 Å². The summed E-state index contributed by atoms with van der Waals surface area (Å²) in [4.78, 5) is 14.5. The average molecular weight is 361 g/mol. The molecule has 0 saturated carbocycles. The summed E-state index contributed by atoms with van der Waals surface area (Å²) in [6.07, 6.45) is 2.07. The number of alkyl halides is 1. The van der Waals surface area contributed by atoms with Crippen molar-refractivity contribution in [3.8, 4) is 0 Å². The zero-order valence-electron chi connectivity index (χ0n) is 15.9. The van der Waals surface area contributed by atoms with Crippen LogP contribution in [-0.4, -0.2) is 26.8 Å².